The molecule has 1 aliphatic carbocycles. The molecule has 74 valence electrons. The maximum atomic E-state index is 10.7. The molecule has 0 amide bonds. The molecular weight excluding hydrogens is 166 g/mol. The fourth-order valence-electron chi connectivity index (χ4n) is 2.22. The second kappa shape index (κ2) is 3.66. The summed E-state index contributed by atoms with van der Waals surface area (Å²) in [6.07, 6.45) is 6.03. The van der Waals surface area contributed by atoms with Crippen molar-refractivity contribution in [1.82, 2.24) is 5.32 Å². The maximum absolute atomic E-state index is 10.7. The van der Waals surface area contributed by atoms with Crippen LogP contribution >= 0.6 is 0 Å². The van der Waals surface area contributed by atoms with Gasteiger partial charge in [0, 0.05) is 0 Å². The largest absolute Gasteiger partial charge is 0.480 e. The standard InChI is InChI=1S/C10H17NO2/c12-10(13)9-6-8(3-4-11-9)5-7-1-2-7/h7-9,11H,1-6H2,(H,12,13)/t8-,9-/m0/s1. The summed E-state index contributed by atoms with van der Waals surface area (Å²) >= 11 is 0. The van der Waals surface area contributed by atoms with Crippen LogP contribution in [0, 0.1) is 11.8 Å². The van der Waals surface area contributed by atoms with Crippen molar-refractivity contribution in [2.75, 3.05) is 6.54 Å². The van der Waals surface area contributed by atoms with Crippen LogP contribution in [0.2, 0.25) is 0 Å². The second-order valence-electron chi connectivity index (χ2n) is 4.41. The number of carbonyl (C=O) groups is 1. The molecule has 13 heavy (non-hydrogen) atoms. The molecule has 1 aliphatic heterocycles. The van der Waals surface area contributed by atoms with Crippen molar-refractivity contribution in [2.24, 2.45) is 11.8 Å². The van der Waals surface area contributed by atoms with Crippen LogP contribution in [-0.2, 0) is 4.79 Å². The van der Waals surface area contributed by atoms with Crippen molar-refractivity contribution in [1.29, 1.82) is 0 Å². The third-order valence-electron chi connectivity index (χ3n) is 3.17. The van der Waals surface area contributed by atoms with Crippen LogP contribution in [0.15, 0.2) is 0 Å². The lowest BCUT2D eigenvalue weighted by molar-refractivity contribution is -0.140. The van der Waals surface area contributed by atoms with E-state index in [1.54, 1.807) is 0 Å². The molecule has 0 spiro atoms. The van der Waals surface area contributed by atoms with E-state index in [0.717, 1.165) is 18.9 Å². The van der Waals surface area contributed by atoms with Crippen molar-refractivity contribution in [3.05, 3.63) is 0 Å². The molecule has 2 N–H and O–H groups in total. The number of piperidine rings is 1. The number of aliphatic carboxylic acids is 1. The number of carboxylic acids is 1. The molecule has 1 saturated carbocycles. The summed E-state index contributed by atoms with van der Waals surface area (Å²) in [7, 11) is 0. The number of hydrogen-bond acceptors (Lipinski definition) is 2. The zero-order valence-electron chi connectivity index (χ0n) is 7.83. The molecule has 2 rings (SSSR count). The molecule has 2 aliphatic rings. The first-order valence-electron chi connectivity index (χ1n) is 5.22. The lowest BCUT2D eigenvalue weighted by atomic mass is 9.88. The highest BCUT2D eigenvalue weighted by molar-refractivity contribution is 5.73. The molecule has 0 bridgehead atoms. The predicted molar refractivity (Wildman–Crippen MR) is 49.5 cm³/mol. The van der Waals surface area contributed by atoms with Gasteiger partial charge in [0.2, 0.25) is 0 Å². The minimum atomic E-state index is -0.680. The van der Waals surface area contributed by atoms with E-state index in [4.69, 9.17) is 5.11 Å². The van der Waals surface area contributed by atoms with Gasteiger partial charge in [0.15, 0.2) is 0 Å². The van der Waals surface area contributed by atoms with Crippen LogP contribution in [0.3, 0.4) is 0 Å². The summed E-state index contributed by atoms with van der Waals surface area (Å²) in [5.74, 6) is 0.910. The van der Waals surface area contributed by atoms with E-state index in [0.29, 0.717) is 5.92 Å². The van der Waals surface area contributed by atoms with Crippen LogP contribution in [0.5, 0.6) is 0 Å². The van der Waals surface area contributed by atoms with Gasteiger partial charge >= 0.3 is 5.97 Å². The Labute approximate surface area is 78.5 Å². The van der Waals surface area contributed by atoms with Gasteiger partial charge in [0.1, 0.15) is 6.04 Å². The summed E-state index contributed by atoms with van der Waals surface area (Å²) in [6, 6.07) is -0.280. The molecule has 0 aromatic carbocycles. The Morgan fingerprint density at radius 2 is 2.08 bits per heavy atom. The summed E-state index contributed by atoms with van der Waals surface area (Å²) in [5, 5.41) is 11.9. The first kappa shape index (κ1) is 9.00. The highest BCUT2D eigenvalue weighted by atomic mass is 16.4. The minimum Gasteiger partial charge on any atom is -0.480 e. The molecule has 0 aromatic heterocycles. The van der Waals surface area contributed by atoms with Gasteiger partial charge < -0.3 is 10.4 Å². The van der Waals surface area contributed by atoms with E-state index in [-0.39, 0.29) is 6.04 Å². The quantitative estimate of drug-likeness (QED) is 0.692. The Kier molecular flexibility index (Phi) is 2.54. The normalized spacial score (nSPS) is 34.5. The van der Waals surface area contributed by atoms with E-state index in [1.807, 2.05) is 0 Å². The third-order valence-corrected chi connectivity index (χ3v) is 3.17. The molecule has 0 unspecified atom stereocenters. The van der Waals surface area contributed by atoms with Crippen LogP contribution < -0.4 is 5.32 Å². The molecule has 1 heterocycles. The van der Waals surface area contributed by atoms with Gasteiger partial charge in [-0.25, -0.2) is 0 Å². The molecule has 1 saturated heterocycles. The second-order valence-corrected chi connectivity index (χ2v) is 4.41. The van der Waals surface area contributed by atoms with Crippen molar-refractivity contribution < 1.29 is 9.90 Å². The zero-order valence-corrected chi connectivity index (χ0v) is 7.83. The van der Waals surface area contributed by atoms with E-state index in [2.05, 4.69) is 5.32 Å². The summed E-state index contributed by atoms with van der Waals surface area (Å²) < 4.78 is 0. The first-order chi connectivity index (χ1) is 6.25. The molecule has 3 heteroatoms. The smallest absolute Gasteiger partial charge is 0.320 e. The van der Waals surface area contributed by atoms with Crippen LogP contribution in [0.1, 0.15) is 32.1 Å². The van der Waals surface area contributed by atoms with Gasteiger partial charge in [-0.2, -0.15) is 0 Å². The van der Waals surface area contributed by atoms with Gasteiger partial charge in [-0.3, -0.25) is 4.79 Å². The SMILES string of the molecule is O=C(O)[C@@H]1C[C@H](CC2CC2)CCN1. The highest BCUT2D eigenvalue weighted by Crippen LogP contribution is 2.38. The van der Waals surface area contributed by atoms with E-state index in [1.165, 1.54) is 25.7 Å². The molecular formula is C10H17NO2. The zero-order chi connectivity index (χ0) is 9.26. The van der Waals surface area contributed by atoms with Crippen molar-refractivity contribution in [3.63, 3.8) is 0 Å². The topological polar surface area (TPSA) is 49.3 Å². The van der Waals surface area contributed by atoms with Gasteiger partial charge in [-0.15, -0.1) is 0 Å². The highest BCUT2D eigenvalue weighted by Gasteiger charge is 2.31. The lowest BCUT2D eigenvalue weighted by Crippen LogP contribution is -2.43. The summed E-state index contributed by atoms with van der Waals surface area (Å²) in [6.45, 7) is 0.883. The third kappa shape index (κ3) is 2.44. The molecule has 0 radical (unpaired) electrons. The Balaban J connectivity index is 1.80. The van der Waals surface area contributed by atoms with E-state index in [9.17, 15) is 4.79 Å². The van der Waals surface area contributed by atoms with E-state index >= 15 is 0 Å². The summed E-state index contributed by atoms with van der Waals surface area (Å²) in [4.78, 5) is 10.7. The molecule has 2 fully saturated rings. The molecule has 3 nitrogen and oxygen atoms in total. The monoisotopic (exact) mass is 183 g/mol. The maximum Gasteiger partial charge on any atom is 0.320 e. The van der Waals surface area contributed by atoms with Crippen molar-refractivity contribution in [2.45, 2.75) is 38.1 Å². The Morgan fingerprint density at radius 1 is 1.31 bits per heavy atom. The molecule has 2 atom stereocenters. The fourth-order valence-corrected chi connectivity index (χ4v) is 2.22. The first-order valence-corrected chi connectivity index (χ1v) is 5.22. The Morgan fingerprint density at radius 3 is 2.69 bits per heavy atom. The van der Waals surface area contributed by atoms with Crippen molar-refractivity contribution in [3.8, 4) is 0 Å². The van der Waals surface area contributed by atoms with Crippen LogP contribution in [-0.4, -0.2) is 23.7 Å². The average Bonchev–Trinajstić information content (AvgIpc) is 2.89. The van der Waals surface area contributed by atoms with Gasteiger partial charge in [0.25, 0.3) is 0 Å². The van der Waals surface area contributed by atoms with Crippen molar-refractivity contribution >= 4 is 5.97 Å². The lowest BCUT2D eigenvalue weighted by Gasteiger charge is -2.27. The number of rotatable bonds is 3. The Hall–Kier alpha value is -0.570. The van der Waals surface area contributed by atoms with E-state index < -0.39 is 5.97 Å². The number of carboxylic acid groups (broad SMARTS) is 1. The average molecular weight is 183 g/mol. The van der Waals surface area contributed by atoms with Gasteiger partial charge in [-0.05, 0) is 37.6 Å². The Bertz CT molecular complexity index is 201. The van der Waals surface area contributed by atoms with Crippen LogP contribution in [0.4, 0.5) is 0 Å². The van der Waals surface area contributed by atoms with Gasteiger partial charge in [0.05, 0.1) is 0 Å². The fraction of sp³-hybridized carbons (Fsp3) is 0.900. The number of hydrogen-bond donors (Lipinski definition) is 2. The van der Waals surface area contributed by atoms with Gasteiger partial charge in [-0.1, -0.05) is 12.8 Å². The summed E-state index contributed by atoms with van der Waals surface area (Å²) in [5.41, 5.74) is 0. The minimum absolute atomic E-state index is 0.280. The molecule has 0 aromatic rings. The van der Waals surface area contributed by atoms with Crippen LogP contribution in [0.25, 0.3) is 0 Å². The number of nitrogens with one attached hydrogen (secondary N) is 1. The predicted octanol–water partition coefficient (Wildman–Crippen LogP) is 1.24.